The van der Waals surface area contributed by atoms with Gasteiger partial charge in [-0.25, -0.2) is 0 Å². The molecule has 3 atom stereocenters. The number of carbonyl (C=O) groups is 1. The number of piperidine rings is 1. The van der Waals surface area contributed by atoms with E-state index in [0.29, 0.717) is 12.1 Å². The van der Waals surface area contributed by atoms with Crippen LogP contribution >= 0.6 is 0 Å². The maximum atomic E-state index is 11.6. The van der Waals surface area contributed by atoms with E-state index < -0.39 is 0 Å². The molecule has 2 aliphatic rings. The van der Waals surface area contributed by atoms with Crippen LogP contribution in [0.15, 0.2) is 0 Å². The van der Waals surface area contributed by atoms with Gasteiger partial charge in [0.05, 0.1) is 12.1 Å². The van der Waals surface area contributed by atoms with Gasteiger partial charge in [0.15, 0.2) is 0 Å². The summed E-state index contributed by atoms with van der Waals surface area (Å²) in [5.74, 6) is 0.172. The minimum atomic E-state index is 0.0226. The molecule has 0 spiro atoms. The zero-order chi connectivity index (χ0) is 11.4. The van der Waals surface area contributed by atoms with Gasteiger partial charge in [-0.2, -0.15) is 0 Å². The molecule has 2 aliphatic heterocycles. The fourth-order valence-corrected chi connectivity index (χ4v) is 2.53. The number of hydrogen-bond acceptors (Lipinski definition) is 3. The van der Waals surface area contributed by atoms with Crippen molar-refractivity contribution in [1.82, 2.24) is 10.6 Å². The van der Waals surface area contributed by atoms with Crippen LogP contribution in [0.4, 0.5) is 0 Å². The van der Waals surface area contributed by atoms with Crippen LogP contribution in [0.2, 0.25) is 0 Å². The molecule has 92 valence electrons. The first-order valence-corrected chi connectivity index (χ1v) is 6.45. The number of hydrogen-bond donors (Lipinski definition) is 2. The molecule has 0 aromatic carbocycles. The van der Waals surface area contributed by atoms with Crippen molar-refractivity contribution in [3.8, 4) is 0 Å². The van der Waals surface area contributed by atoms with E-state index in [1.54, 1.807) is 0 Å². The monoisotopic (exact) mass is 226 g/mol. The largest absolute Gasteiger partial charge is 0.378 e. The molecular formula is C12H22N2O2. The lowest BCUT2D eigenvalue weighted by Crippen LogP contribution is -2.53. The maximum Gasteiger partial charge on any atom is 0.237 e. The Labute approximate surface area is 97.1 Å². The van der Waals surface area contributed by atoms with Gasteiger partial charge in [0, 0.05) is 19.2 Å². The van der Waals surface area contributed by atoms with E-state index in [-0.39, 0.29) is 11.9 Å². The van der Waals surface area contributed by atoms with Gasteiger partial charge in [0.25, 0.3) is 0 Å². The van der Waals surface area contributed by atoms with Gasteiger partial charge < -0.3 is 15.4 Å². The molecule has 2 N–H and O–H groups in total. The van der Waals surface area contributed by atoms with Crippen molar-refractivity contribution < 1.29 is 9.53 Å². The van der Waals surface area contributed by atoms with Crippen LogP contribution in [-0.4, -0.2) is 37.2 Å². The lowest BCUT2D eigenvalue weighted by Gasteiger charge is -2.33. The van der Waals surface area contributed by atoms with Gasteiger partial charge in [-0.1, -0.05) is 6.92 Å². The van der Waals surface area contributed by atoms with Gasteiger partial charge in [-0.15, -0.1) is 0 Å². The minimum Gasteiger partial charge on any atom is -0.378 e. The molecule has 0 bridgehead atoms. The molecule has 0 aliphatic carbocycles. The average molecular weight is 226 g/mol. The van der Waals surface area contributed by atoms with Gasteiger partial charge >= 0.3 is 0 Å². The lowest BCUT2D eigenvalue weighted by molar-refractivity contribution is -0.125. The highest BCUT2D eigenvalue weighted by molar-refractivity contribution is 5.82. The van der Waals surface area contributed by atoms with Gasteiger partial charge in [-0.05, 0) is 32.1 Å². The highest BCUT2D eigenvalue weighted by Crippen LogP contribution is 2.17. The molecule has 4 heteroatoms. The smallest absolute Gasteiger partial charge is 0.237 e. The summed E-state index contributed by atoms with van der Waals surface area (Å²) in [4.78, 5) is 11.6. The van der Waals surface area contributed by atoms with Crippen LogP contribution in [0.5, 0.6) is 0 Å². The van der Waals surface area contributed by atoms with Crippen molar-refractivity contribution in [2.75, 3.05) is 13.2 Å². The molecule has 4 nitrogen and oxygen atoms in total. The summed E-state index contributed by atoms with van der Waals surface area (Å²) in [6.45, 7) is 3.81. The third-order valence-electron chi connectivity index (χ3n) is 3.54. The minimum absolute atomic E-state index is 0.0226. The van der Waals surface area contributed by atoms with Crippen molar-refractivity contribution in [3.63, 3.8) is 0 Å². The zero-order valence-corrected chi connectivity index (χ0v) is 10.00. The summed E-state index contributed by atoms with van der Waals surface area (Å²) in [7, 11) is 0. The lowest BCUT2D eigenvalue weighted by atomic mass is 9.98. The van der Waals surface area contributed by atoms with E-state index in [1.165, 1.54) is 0 Å². The third-order valence-corrected chi connectivity index (χ3v) is 3.54. The Kier molecular flexibility index (Phi) is 4.18. The number of ether oxygens (including phenoxy) is 1. The number of nitrogens with one attached hydrogen (secondary N) is 2. The zero-order valence-electron chi connectivity index (χ0n) is 10.00. The van der Waals surface area contributed by atoms with Gasteiger partial charge in [0.1, 0.15) is 0 Å². The predicted octanol–water partition coefficient (Wildman–Crippen LogP) is 0.812. The highest BCUT2D eigenvalue weighted by Gasteiger charge is 2.27. The Morgan fingerprint density at radius 1 is 1.50 bits per heavy atom. The normalized spacial score (nSPS) is 35.8. The van der Waals surface area contributed by atoms with E-state index in [0.717, 1.165) is 45.3 Å². The average Bonchev–Trinajstić information content (AvgIpc) is 2.32. The van der Waals surface area contributed by atoms with Crippen LogP contribution in [0.25, 0.3) is 0 Å². The van der Waals surface area contributed by atoms with Crippen molar-refractivity contribution in [2.45, 2.75) is 57.2 Å². The number of rotatable bonds is 3. The molecule has 2 saturated heterocycles. The maximum absolute atomic E-state index is 11.6. The van der Waals surface area contributed by atoms with Crippen LogP contribution in [0.1, 0.15) is 39.0 Å². The highest BCUT2D eigenvalue weighted by atomic mass is 16.5. The quantitative estimate of drug-likeness (QED) is 0.749. The summed E-state index contributed by atoms with van der Waals surface area (Å²) < 4.78 is 5.63. The Hall–Kier alpha value is -0.610. The molecule has 0 radical (unpaired) electrons. The standard InChI is InChI=1S/C12H22N2O2/c1-2-10-8-9(5-7-16-10)14-11-4-3-6-13-12(11)15/h9-11,14H,2-8H2,1H3,(H,13,15). The first kappa shape index (κ1) is 11.9. The second-order valence-electron chi connectivity index (χ2n) is 4.77. The molecule has 3 unspecified atom stereocenters. The fourth-order valence-electron chi connectivity index (χ4n) is 2.53. The molecular weight excluding hydrogens is 204 g/mol. The Bertz CT molecular complexity index is 245. The summed E-state index contributed by atoms with van der Waals surface area (Å²) in [5.41, 5.74) is 0. The van der Waals surface area contributed by atoms with Crippen LogP contribution in [-0.2, 0) is 9.53 Å². The Balaban J connectivity index is 1.81. The summed E-state index contributed by atoms with van der Waals surface area (Å²) in [5, 5.41) is 6.39. The van der Waals surface area contributed by atoms with E-state index in [2.05, 4.69) is 17.6 Å². The van der Waals surface area contributed by atoms with E-state index >= 15 is 0 Å². The molecule has 2 heterocycles. The molecule has 2 rings (SSSR count). The number of carbonyl (C=O) groups excluding carboxylic acids is 1. The second kappa shape index (κ2) is 5.64. The summed E-state index contributed by atoms with van der Waals surface area (Å²) >= 11 is 0. The Morgan fingerprint density at radius 2 is 2.38 bits per heavy atom. The topological polar surface area (TPSA) is 50.4 Å². The van der Waals surface area contributed by atoms with Crippen molar-refractivity contribution >= 4 is 5.91 Å². The van der Waals surface area contributed by atoms with E-state index in [4.69, 9.17) is 4.74 Å². The first-order chi connectivity index (χ1) is 7.79. The molecule has 0 saturated carbocycles. The second-order valence-corrected chi connectivity index (χ2v) is 4.77. The fraction of sp³-hybridized carbons (Fsp3) is 0.917. The number of amides is 1. The van der Waals surface area contributed by atoms with Crippen molar-refractivity contribution in [3.05, 3.63) is 0 Å². The molecule has 2 fully saturated rings. The van der Waals surface area contributed by atoms with Crippen molar-refractivity contribution in [1.29, 1.82) is 0 Å². The molecule has 0 aromatic rings. The van der Waals surface area contributed by atoms with Crippen LogP contribution < -0.4 is 10.6 Å². The van der Waals surface area contributed by atoms with Gasteiger partial charge in [-0.3, -0.25) is 4.79 Å². The summed E-state index contributed by atoms with van der Waals surface area (Å²) in [6.07, 6.45) is 5.57. The van der Waals surface area contributed by atoms with E-state index in [1.807, 2.05) is 0 Å². The van der Waals surface area contributed by atoms with E-state index in [9.17, 15) is 4.79 Å². The SMILES string of the molecule is CCC1CC(NC2CCCNC2=O)CCO1. The van der Waals surface area contributed by atoms with Crippen molar-refractivity contribution in [2.24, 2.45) is 0 Å². The predicted molar refractivity (Wildman–Crippen MR) is 62.2 cm³/mol. The molecule has 16 heavy (non-hydrogen) atoms. The van der Waals surface area contributed by atoms with Crippen LogP contribution in [0, 0.1) is 0 Å². The molecule has 1 amide bonds. The van der Waals surface area contributed by atoms with Crippen LogP contribution in [0.3, 0.4) is 0 Å². The third kappa shape index (κ3) is 2.95. The molecule has 0 aromatic heterocycles. The summed E-state index contributed by atoms with van der Waals surface area (Å²) in [6, 6.07) is 0.474. The van der Waals surface area contributed by atoms with Gasteiger partial charge in [0.2, 0.25) is 5.91 Å². The Morgan fingerprint density at radius 3 is 3.12 bits per heavy atom. The first-order valence-electron chi connectivity index (χ1n) is 6.45.